The van der Waals surface area contributed by atoms with Crippen LogP contribution in [0.15, 0.2) is 22.6 Å². The summed E-state index contributed by atoms with van der Waals surface area (Å²) < 4.78 is 6.26. The van der Waals surface area contributed by atoms with Gasteiger partial charge in [0.05, 0.1) is 5.02 Å². The number of amides is 1. The largest absolute Gasteiger partial charge is 0.408 e. The first kappa shape index (κ1) is 12.9. The van der Waals surface area contributed by atoms with E-state index < -0.39 is 0 Å². The van der Waals surface area contributed by atoms with E-state index in [2.05, 4.69) is 38.1 Å². The lowest BCUT2D eigenvalue weighted by Gasteiger charge is -2.02. The van der Waals surface area contributed by atoms with Crippen molar-refractivity contribution in [2.45, 2.75) is 18.8 Å². The van der Waals surface area contributed by atoms with E-state index in [4.69, 9.17) is 16.0 Å². The van der Waals surface area contributed by atoms with Crippen molar-refractivity contribution in [1.29, 1.82) is 0 Å². The summed E-state index contributed by atoms with van der Waals surface area (Å²) in [5.41, 5.74) is 0.455. The SMILES string of the molecule is O=C(Nc1nnc(C2CC2)o1)c1ccc(I)c(Cl)c1. The molecule has 1 amide bonds. The Morgan fingerprint density at radius 1 is 1.42 bits per heavy atom. The van der Waals surface area contributed by atoms with Crippen molar-refractivity contribution in [2.24, 2.45) is 0 Å². The van der Waals surface area contributed by atoms with Crippen molar-refractivity contribution in [3.05, 3.63) is 38.2 Å². The molecular weight excluding hydrogens is 381 g/mol. The Bertz CT molecular complexity index is 640. The Morgan fingerprint density at radius 2 is 2.21 bits per heavy atom. The van der Waals surface area contributed by atoms with Gasteiger partial charge in [0.1, 0.15) is 0 Å². The molecule has 19 heavy (non-hydrogen) atoms. The lowest BCUT2D eigenvalue weighted by atomic mass is 10.2. The fourth-order valence-electron chi connectivity index (χ4n) is 1.59. The maximum atomic E-state index is 12.0. The first-order valence-corrected chi connectivity index (χ1v) is 7.19. The van der Waals surface area contributed by atoms with Crippen LogP contribution in [-0.2, 0) is 0 Å². The first-order chi connectivity index (χ1) is 9.13. The molecule has 0 aliphatic heterocycles. The van der Waals surface area contributed by atoms with E-state index in [0.717, 1.165) is 16.4 Å². The number of hydrogen-bond acceptors (Lipinski definition) is 4. The number of benzene rings is 1. The van der Waals surface area contributed by atoms with Crippen LogP contribution < -0.4 is 5.32 Å². The predicted molar refractivity (Wildman–Crippen MR) is 78.4 cm³/mol. The average Bonchev–Trinajstić information content (AvgIpc) is 3.14. The van der Waals surface area contributed by atoms with Gasteiger partial charge in [-0.2, -0.15) is 0 Å². The summed E-state index contributed by atoms with van der Waals surface area (Å²) in [7, 11) is 0. The van der Waals surface area contributed by atoms with E-state index in [-0.39, 0.29) is 11.9 Å². The minimum absolute atomic E-state index is 0.126. The molecule has 0 bridgehead atoms. The normalized spacial score (nSPS) is 14.4. The zero-order valence-electron chi connectivity index (χ0n) is 9.69. The number of carbonyl (C=O) groups is 1. The molecule has 0 spiro atoms. The topological polar surface area (TPSA) is 68.0 Å². The summed E-state index contributed by atoms with van der Waals surface area (Å²) in [6, 6.07) is 5.21. The Balaban J connectivity index is 1.74. The van der Waals surface area contributed by atoms with Gasteiger partial charge in [0, 0.05) is 15.1 Å². The molecule has 1 saturated carbocycles. The minimum Gasteiger partial charge on any atom is -0.408 e. The average molecular weight is 390 g/mol. The number of carbonyl (C=O) groups excluding carboxylic acids is 1. The third-order valence-electron chi connectivity index (χ3n) is 2.77. The lowest BCUT2D eigenvalue weighted by molar-refractivity contribution is 0.102. The van der Waals surface area contributed by atoms with Gasteiger partial charge < -0.3 is 4.42 Å². The number of aromatic nitrogens is 2. The van der Waals surface area contributed by atoms with Crippen LogP contribution in [0, 0.1) is 3.57 Å². The predicted octanol–water partition coefficient (Wildman–Crippen LogP) is 3.46. The number of nitrogens with one attached hydrogen (secondary N) is 1. The highest BCUT2D eigenvalue weighted by molar-refractivity contribution is 14.1. The second-order valence-corrected chi connectivity index (χ2v) is 5.87. The van der Waals surface area contributed by atoms with Crippen LogP contribution >= 0.6 is 34.2 Å². The van der Waals surface area contributed by atoms with Gasteiger partial charge in [0.25, 0.3) is 5.91 Å². The van der Waals surface area contributed by atoms with Crippen LogP contribution in [0.1, 0.15) is 35.0 Å². The number of halogens is 2. The first-order valence-electron chi connectivity index (χ1n) is 5.73. The van der Waals surface area contributed by atoms with Gasteiger partial charge in [-0.1, -0.05) is 16.7 Å². The maximum absolute atomic E-state index is 12.0. The molecule has 1 fully saturated rings. The van der Waals surface area contributed by atoms with Crippen molar-refractivity contribution in [3.8, 4) is 0 Å². The number of nitrogens with zero attached hydrogens (tertiary/aromatic N) is 2. The molecule has 1 N–H and O–H groups in total. The van der Waals surface area contributed by atoms with Crippen molar-refractivity contribution >= 4 is 46.1 Å². The van der Waals surface area contributed by atoms with Gasteiger partial charge >= 0.3 is 6.01 Å². The molecule has 1 aromatic carbocycles. The zero-order chi connectivity index (χ0) is 13.4. The highest BCUT2D eigenvalue weighted by Crippen LogP contribution is 2.39. The Kier molecular flexibility index (Phi) is 3.44. The second kappa shape index (κ2) is 5.09. The van der Waals surface area contributed by atoms with Gasteiger partial charge in [0.2, 0.25) is 5.89 Å². The molecule has 1 heterocycles. The lowest BCUT2D eigenvalue weighted by Crippen LogP contribution is -2.12. The van der Waals surface area contributed by atoms with Crippen molar-refractivity contribution in [2.75, 3.05) is 5.32 Å². The third-order valence-corrected chi connectivity index (χ3v) is 4.34. The molecule has 0 atom stereocenters. The number of rotatable bonds is 3. The van der Waals surface area contributed by atoms with Gasteiger partial charge in [-0.25, -0.2) is 0 Å². The smallest absolute Gasteiger partial charge is 0.322 e. The molecule has 7 heteroatoms. The van der Waals surface area contributed by atoms with Crippen LogP contribution in [0.2, 0.25) is 5.02 Å². The van der Waals surface area contributed by atoms with Crippen LogP contribution in [0.25, 0.3) is 0 Å². The fourth-order valence-corrected chi connectivity index (χ4v) is 2.10. The van der Waals surface area contributed by atoms with Gasteiger partial charge in [-0.05, 0) is 53.6 Å². The quantitative estimate of drug-likeness (QED) is 0.817. The minimum atomic E-state index is -0.315. The Hall–Kier alpha value is -1.15. The van der Waals surface area contributed by atoms with Gasteiger partial charge in [0.15, 0.2) is 0 Å². The standard InChI is InChI=1S/C12H9ClIN3O2/c13-8-5-7(3-4-9(8)14)10(18)15-12-17-16-11(19-12)6-1-2-6/h3-6H,1-2H2,(H,15,17,18). The molecular formula is C12H9ClIN3O2. The summed E-state index contributed by atoms with van der Waals surface area (Å²) in [4.78, 5) is 12.0. The van der Waals surface area contributed by atoms with Crippen LogP contribution in [0.4, 0.5) is 6.01 Å². The molecule has 0 saturated heterocycles. The van der Waals surface area contributed by atoms with E-state index in [1.54, 1.807) is 18.2 Å². The zero-order valence-corrected chi connectivity index (χ0v) is 12.6. The molecule has 0 unspecified atom stereocenters. The fraction of sp³-hybridized carbons (Fsp3) is 0.250. The van der Waals surface area contributed by atoms with E-state index >= 15 is 0 Å². The summed E-state index contributed by atoms with van der Waals surface area (Å²) in [6.07, 6.45) is 2.14. The molecule has 1 aromatic heterocycles. The number of anilines is 1. The third kappa shape index (κ3) is 2.89. The van der Waals surface area contributed by atoms with E-state index in [1.807, 2.05) is 0 Å². The summed E-state index contributed by atoms with van der Waals surface area (Å²) in [5, 5.41) is 10.8. The van der Waals surface area contributed by atoms with E-state index in [0.29, 0.717) is 22.4 Å². The van der Waals surface area contributed by atoms with Crippen LogP contribution in [0.5, 0.6) is 0 Å². The van der Waals surface area contributed by atoms with Gasteiger partial charge in [-0.3, -0.25) is 10.1 Å². The monoisotopic (exact) mass is 389 g/mol. The van der Waals surface area contributed by atoms with E-state index in [1.165, 1.54) is 0 Å². The van der Waals surface area contributed by atoms with Crippen LogP contribution in [0.3, 0.4) is 0 Å². The Morgan fingerprint density at radius 3 is 2.89 bits per heavy atom. The van der Waals surface area contributed by atoms with Crippen molar-refractivity contribution in [3.63, 3.8) is 0 Å². The summed E-state index contributed by atoms with van der Waals surface area (Å²) in [6.45, 7) is 0. The molecule has 1 aliphatic rings. The van der Waals surface area contributed by atoms with Gasteiger partial charge in [-0.15, -0.1) is 5.10 Å². The number of hydrogen-bond donors (Lipinski definition) is 1. The summed E-state index contributed by atoms with van der Waals surface area (Å²) >= 11 is 8.08. The summed E-state index contributed by atoms with van der Waals surface area (Å²) in [5.74, 6) is 0.645. The van der Waals surface area contributed by atoms with Crippen LogP contribution in [-0.4, -0.2) is 16.1 Å². The highest BCUT2D eigenvalue weighted by atomic mass is 127. The van der Waals surface area contributed by atoms with Crippen molar-refractivity contribution < 1.29 is 9.21 Å². The molecule has 3 rings (SSSR count). The molecule has 2 aromatic rings. The van der Waals surface area contributed by atoms with Crippen molar-refractivity contribution in [1.82, 2.24) is 10.2 Å². The Labute approximate surface area is 127 Å². The molecule has 98 valence electrons. The molecule has 5 nitrogen and oxygen atoms in total. The highest BCUT2D eigenvalue weighted by Gasteiger charge is 2.29. The molecule has 1 aliphatic carbocycles. The second-order valence-electron chi connectivity index (χ2n) is 4.30. The van der Waals surface area contributed by atoms with E-state index in [9.17, 15) is 4.79 Å². The maximum Gasteiger partial charge on any atom is 0.322 e. The molecule has 0 radical (unpaired) electrons.